The number of nitrogens with two attached hydrogens (primary N) is 2. The minimum atomic E-state index is -1.02. The SMILES string of the molecule is CCC(C#N)(CC)n1cc(-c2cnc(N)c(C(=O)C=C(N)c3ccc(CNC4CC4)cc3F)n2)ccc1=O. The first-order valence-electron chi connectivity index (χ1n) is 12.5. The Bertz CT molecular complexity index is 1500. The van der Waals surface area contributed by atoms with Crippen LogP contribution in [0, 0.1) is 17.1 Å². The number of aromatic nitrogens is 3. The van der Waals surface area contributed by atoms with Gasteiger partial charge in [-0.05, 0) is 49.4 Å². The molecule has 4 rings (SSSR count). The predicted octanol–water partition coefficient (Wildman–Crippen LogP) is 3.50. The molecule has 0 radical (unpaired) electrons. The zero-order valence-corrected chi connectivity index (χ0v) is 21.4. The van der Waals surface area contributed by atoms with Gasteiger partial charge in [-0.3, -0.25) is 14.2 Å². The molecule has 0 bridgehead atoms. The highest BCUT2D eigenvalue weighted by Crippen LogP contribution is 2.26. The molecular formula is C28H30FN7O2. The van der Waals surface area contributed by atoms with E-state index in [1.165, 1.54) is 35.2 Å². The van der Waals surface area contributed by atoms with Crippen LogP contribution in [0.2, 0.25) is 0 Å². The standard InChI is InChI=1S/C28H30FN7O2/c1-3-28(4-2,16-30)36-15-18(6-10-25(36)38)23-14-34-27(32)26(35-23)24(37)12-22(31)20-9-5-17(11-21(20)29)13-33-19-7-8-19/h5-6,9-12,14-15,19,33H,3-4,7-8,13,31H2,1-2H3,(H2,32,34). The first-order chi connectivity index (χ1) is 18.2. The number of rotatable bonds is 10. The minimum Gasteiger partial charge on any atom is -0.398 e. The molecule has 1 saturated carbocycles. The fraction of sp³-hybridized carbons (Fsp3) is 0.321. The number of halogens is 1. The number of nitrogens with zero attached hydrogens (tertiary/aromatic N) is 4. The molecule has 1 aliphatic carbocycles. The van der Waals surface area contributed by atoms with Crippen LogP contribution >= 0.6 is 0 Å². The Kier molecular flexibility index (Phi) is 7.69. The summed E-state index contributed by atoms with van der Waals surface area (Å²) >= 11 is 0. The van der Waals surface area contributed by atoms with Crippen LogP contribution in [0.25, 0.3) is 17.0 Å². The maximum absolute atomic E-state index is 14.7. The lowest BCUT2D eigenvalue weighted by atomic mass is 9.94. The van der Waals surface area contributed by atoms with Crippen LogP contribution in [-0.2, 0) is 12.1 Å². The number of nitrogens with one attached hydrogen (secondary N) is 1. The second kappa shape index (κ2) is 10.9. The van der Waals surface area contributed by atoms with Gasteiger partial charge in [0.15, 0.2) is 11.5 Å². The maximum Gasteiger partial charge on any atom is 0.251 e. The molecule has 0 saturated heterocycles. The summed E-state index contributed by atoms with van der Waals surface area (Å²) in [7, 11) is 0. The predicted molar refractivity (Wildman–Crippen MR) is 143 cm³/mol. The Morgan fingerprint density at radius 2 is 2.03 bits per heavy atom. The second-order valence-electron chi connectivity index (χ2n) is 9.40. The summed E-state index contributed by atoms with van der Waals surface area (Å²) in [6.45, 7) is 4.23. The molecule has 2 aromatic heterocycles. The third-order valence-corrected chi connectivity index (χ3v) is 6.88. The van der Waals surface area contributed by atoms with Gasteiger partial charge in [0.2, 0.25) is 5.78 Å². The zero-order valence-electron chi connectivity index (χ0n) is 21.4. The highest BCUT2D eigenvalue weighted by molar-refractivity contribution is 6.09. The van der Waals surface area contributed by atoms with Gasteiger partial charge >= 0.3 is 0 Å². The van der Waals surface area contributed by atoms with Crippen molar-refractivity contribution in [3.63, 3.8) is 0 Å². The van der Waals surface area contributed by atoms with Crippen molar-refractivity contribution in [2.24, 2.45) is 5.73 Å². The topological polar surface area (TPSA) is 153 Å². The number of carbonyl (C=O) groups excluding carboxylic acids is 1. The highest BCUT2D eigenvalue weighted by Gasteiger charge is 2.29. The third kappa shape index (κ3) is 5.48. The van der Waals surface area contributed by atoms with Crippen molar-refractivity contribution in [3.8, 4) is 17.3 Å². The van der Waals surface area contributed by atoms with Crippen molar-refractivity contribution in [1.29, 1.82) is 5.26 Å². The number of hydrogen-bond acceptors (Lipinski definition) is 8. The van der Waals surface area contributed by atoms with Crippen molar-refractivity contribution in [3.05, 3.63) is 81.8 Å². The number of pyridine rings is 1. The molecule has 1 aliphatic rings. The number of allylic oxidation sites excluding steroid dienone is 1. The van der Waals surface area contributed by atoms with Crippen molar-refractivity contribution in [2.45, 2.75) is 57.7 Å². The molecule has 10 heteroatoms. The number of anilines is 1. The molecule has 0 unspecified atom stereocenters. The Hall–Kier alpha value is -4.36. The first-order valence-corrected chi connectivity index (χ1v) is 12.5. The average Bonchev–Trinajstić information content (AvgIpc) is 3.74. The molecule has 1 aromatic carbocycles. The van der Waals surface area contributed by atoms with E-state index in [2.05, 4.69) is 21.4 Å². The number of nitrogen functional groups attached to an aromatic ring is 1. The summed E-state index contributed by atoms with van der Waals surface area (Å²) in [6, 6.07) is 10.3. The summed E-state index contributed by atoms with van der Waals surface area (Å²) in [5, 5.41) is 13.1. The van der Waals surface area contributed by atoms with Gasteiger partial charge in [0.05, 0.1) is 18.0 Å². The molecule has 0 spiro atoms. The summed E-state index contributed by atoms with van der Waals surface area (Å²) in [5.74, 6) is -1.30. The van der Waals surface area contributed by atoms with Gasteiger partial charge < -0.3 is 16.8 Å². The van der Waals surface area contributed by atoms with E-state index in [9.17, 15) is 19.2 Å². The monoisotopic (exact) mass is 515 g/mol. The summed E-state index contributed by atoms with van der Waals surface area (Å²) in [6.07, 6.45) is 7.11. The number of nitriles is 1. The van der Waals surface area contributed by atoms with Crippen LogP contribution in [0.15, 0.2) is 53.6 Å². The molecule has 0 amide bonds. The lowest BCUT2D eigenvalue weighted by Crippen LogP contribution is -2.38. The average molecular weight is 516 g/mol. The van der Waals surface area contributed by atoms with E-state index in [4.69, 9.17) is 11.5 Å². The van der Waals surface area contributed by atoms with E-state index in [1.807, 2.05) is 13.8 Å². The van der Waals surface area contributed by atoms with E-state index < -0.39 is 17.1 Å². The smallest absolute Gasteiger partial charge is 0.251 e. The van der Waals surface area contributed by atoms with Gasteiger partial charge in [-0.15, -0.1) is 0 Å². The molecular weight excluding hydrogens is 485 g/mol. The van der Waals surface area contributed by atoms with E-state index >= 15 is 0 Å². The normalized spacial score (nSPS) is 13.8. The third-order valence-electron chi connectivity index (χ3n) is 6.88. The van der Waals surface area contributed by atoms with Gasteiger partial charge in [-0.2, -0.15) is 5.26 Å². The maximum atomic E-state index is 14.7. The summed E-state index contributed by atoms with van der Waals surface area (Å²) < 4.78 is 16.1. The molecule has 1 fully saturated rings. The second-order valence-corrected chi connectivity index (χ2v) is 9.40. The van der Waals surface area contributed by atoms with E-state index in [-0.39, 0.29) is 34.0 Å². The van der Waals surface area contributed by atoms with Crippen molar-refractivity contribution in [2.75, 3.05) is 5.73 Å². The van der Waals surface area contributed by atoms with Gasteiger partial charge in [-0.1, -0.05) is 19.9 Å². The highest BCUT2D eigenvalue weighted by atomic mass is 19.1. The fourth-order valence-corrected chi connectivity index (χ4v) is 4.23. The van der Waals surface area contributed by atoms with Crippen LogP contribution in [0.1, 0.15) is 61.1 Å². The van der Waals surface area contributed by atoms with Crippen LogP contribution in [0.4, 0.5) is 10.2 Å². The van der Waals surface area contributed by atoms with E-state index in [0.717, 1.165) is 24.5 Å². The zero-order chi connectivity index (χ0) is 27.4. The number of ketones is 1. The lowest BCUT2D eigenvalue weighted by Gasteiger charge is -2.26. The molecule has 196 valence electrons. The van der Waals surface area contributed by atoms with Gasteiger partial charge in [0, 0.05) is 47.7 Å². The lowest BCUT2D eigenvalue weighted by molar-refractivity contribution is 0.104. The van der Waals surface area contributed by atoms with Gasteiger partial charge in [-0.25, -0.2) is 14.4 Å². The quantitative estimate of drug-likeness (QED) is 0.274. The Balaban J connectivity index is 1.63. The number of hydrogen-bond donors (Lipinski definition) is 3. The Morgan fingerprint density at radius 3 is 2.66 bits per heavy atom. The minimum absolute atomic E-state index is 0.0703. The Morgan fingerprint density at radius 1 is 1.29 bits per heavy atom. The largest absolute Gasteiger partial charge is 0.398 e. The van der Waals surface area contributed by atoms with E-state index in [1.54, 1.807) is 12.1 Å². The van der Waals surface area contributed by atoms with Crippen molar-refractivity contribution >= 4 is 17.3 Å². The summed E-state index contributed by atoms with van der Waals surface area (Å²) in [5.41, 5.74) is 12.1. The first kappa shape index (κ1) is 26.7. The molecule has 0 atom stereocenters. The summed E-state index contributed by atoms with van der Waals surface area (Å²) in [4.78, 5) is 34.1. The molecule has 3 aromatic rings. The Labute approximate surface area is 220 Å². The van der Waals surface area contributed by atoms with Crippen molar-refractivity contribution in [1.82, 2.24) is 19.9 Å². The molecule has 38 heavy (non-hydrogen) atoms. The van der Waals surface area contributed by atoms with Crippen LogP contribution in [0.5, 0.6) is 0 Å². The van der Waals surface area contributed by atoms with Crippen LogP contribution in [-0.4, -0.2) is 26.4 Å². The van der Waals surface area contributed by atoms with E-state index in [0.29, 0.717) is 31.0 Å². The van der Waals surface area contributed by atoms with Crippen LogP contribution in [0.3, 0.4) is 0 Å². The molecule has 2 heterocycles. The molecule has 5 N–H and O–H groups in total. The van der Waals surface area contributed by atoms with Crippen molar-refractivity contribution < 1.29 is 9.18 Å². The molecule has 9 nitrogen and oxygen atoms in total. The van der Waals surface area contributed by atoms with Gasteiger partial charge in [0.25, 0.3) is 5.56 Å². The molecule has 0 aliphatic heterocycles. The number of benzene rings is 1. The van der Waals surface area contributed by atoms with Gasteiger partial charge in [0.1, 0.15) is 11.4 Å². The number of carbonyl (C=O) groups is 1. The van der Waals surface area contributed by atoms with Crippen LogP contribution < -0.4 is 22.3 Å². The fourth-order valence-electron chi connectivity index (χ4n) is 4.23.